The van der Waals surface area contributed by atoms with E-state index in [2.05, 4.69) is 46.5 Å². The summed E-state index contributed by atoms with van der Waals surface area (Å²) in [4.78, 5) is 0. The van der Waals surface area contributed by atoms with Crippen LogP contribution in [-0.4, -0.2) is 0 Å². The molecule has 0 aliphatic rings. The molecule has 0 unspecified atom stereocenters. The van der Waals surface area contributed by atoms with Crippen molar-refractivity contribution in [2.45, 2.75) is 73.1 Å². The van der Waals surface area contributed by atoms with E-state index < -0.39 is 0 Å². The van der Waals surface area contributed by atoms with Crippen LogP contribution in [0.5, 0.6) is 0 Å². The van der Waals surface area contributed by atoms with E-state index in [4.69, 9.17) is 0 Å². The van der Waals surface area contributed by atoms with Gasteiger partial charge in [-0.3, -0.25) is 0 Å². The van der Waals surface area contributed by atoms with Gasteiger partial charge in [0, 0.05) is 11.3 Å². The zero-order chi connectivity index (χ0) is 11.7. The predicted octanol–water partition coefficient (Wildman–Crippen LogP) is 5.03. The molecule has 1 atom stereocenters. The van der Waals surface area contributed by atoms with Crippen LogP contribution in [0.4, 0.5) is 0 Å². The van der Waals surface area contributed by atoms with Crippen LogP contribution in [0.1, 0.15) is 73.1 Å². The molecule has 0 aliphatic heterocycles. The van der Waals surface area contributed by atoms with Gasteiger partial charge in [-0.2, -0.15) is 0 Å². The molecule has 0 heterocycles. The minimum atomic E-state index is 0.163. The fourth-order valence-electron chi connectivity index (χ4n) is 1.47. The van der Waals surface area contributed by atoms with E-state index in [0.717, 1.165) is 0 Å². The smallest absolute Gasteiger partial charge is 0.0230 e. The number of hydrogen-bond acceptors (Lipinski definition) is 0. The zero-order valence-electron chi connectivity index (χ0n) is 11.3. The Kier molecular flexibility index (Phi) is 7.57. The Bertz CT molecular complexity index is 196. The molecule has 0 N–H and O–H groups in total. The molecule has 88 valence electrons. The van der Waals surface area contributed by atoms with Gasteiger partial charge in [-0.15, -0.1) is 0 Å². The first-order valence-corrected chi connectivity index (χ1v) is 6.48. The number of hydrogen-bond donors (Lipinski definition) is 0. The van der Waals surface area contributed by atoms with Gasteiger partial charge in [-0.1, -0.05) is 57.8 Å². The lowest BCUT2D eigenvalue weighted by atomic mass is 9.95. The van der Waals surface area contributed by atoms with Crippen LogP contribution in [0.3, 0.4) is 0 Å². The maximum absolute atomic E-state index is 3.36. The second-order valence-electron chi connectivity index (χ2n) is 5.62. The molecule has 0 saturated carbocycles. The van der Waals surface area contributed by atoms with E-state index in [1.807, 2.05) is 0 Å². The first kappa shape index (κ1) is 14.6. The molecule has 0 nitrogen and oxygen atoms in total. The Labute approximate surface area is 96.8 Å². The van der Waals surface area contributed by atoms with Crippen LogP contribution >= 0.6 is 0 Å². The van der Waals surface area contributed by atoms with Crippen LogP contribution in [0.15, 0.2) is 0 Å². The Morgan fingerprint density at radius 2 is 1.60 bits per heavy atom. The van der Waals surface area contributed by atoms with Crippen molar-refractivity contribution in [3.63, 3.8) is 0 Å². The minimum Gasteiger partial charge on any atom is -0.0996 e. The SMILES string of the molecule is CCCCCCC[C@@H](C)C#CC(C)(C)C. The molecular weight excluding hydrogens is 180 g/mol. The second-order valence-corrected chi connectivity index (χ2v) is 5.62. The van der Waals surface area contributed by atoms with Crippen molar-refractivity contribution in [1.82, 2.24) is 0 Å². The van der Waals surface area contributed by atoms with Crippen LogP contribution in [0.2, 0.25) is 0 Å². The van der Waals surface area contributed by atoms with Gasteiger partial charge in [0.2, 0.25) is 0 Å². The summed E-state index contributed by atoms with van der Waals surface area (Å²) in [7, 11) is 0. The lowest BCUT2D eigenvalue weighted by molar-refractivity contribution is 0.548. The highest BCUT2D eigenvalue weighted by atomic mass is 14.1. The molecule has 0 aromatic heterocycles. The molecule has 0 heteroatoms. The van der Waals surface area contributed by atoms with E-state index in [0.29, 0.717) is 5.92 Å². The Balaban J connectivity index is 3.56. The third-order valence-corrected chi connectivity index (χ3v) is 2.43. The average molecular weight is 208 g/mol. The molecule has 0 bridgehead atoms. The van der Waals surface area contributed by atoms with Crippen LogP contribution < -0.4 is 0 Å². The maximum atomic E-state index is 3.36. The van der Waals surface area contributed by atoms with Gasteiger partial charge in [0.05, 0.1) is 0 Å². The summed E-state index contributed by atoms with van der Waals surface area (Å²) in [6, 6.07) is 0. The molecule has 0 aromatic rings. The van der Waals surface area contributed by atoms with E-state index in [9.17, 15) is 0 Å². The lowest BCUT2D eigenvalue weighted by Gasteiger charge is -2.09. The zero-order valence-corrected chi connectivity index (χ0v) is 11.3. The average Bonchev–Trinajstić information content (AvgIpc) is 2.13. The molecule has 0 rings (SSSR count). The first-order chi connectivity index (χ1) is 6.95. The highest BCUT2D eigenvalue weighted by Crippen LogP contribution is 2.13. The van der Waals surface area contributed by atoms with Crippen LogP contribution in [0, 0.1) is 23.2 Å². The minimum absolute atomic E-state index is 0.163. The van der Waals surface area contributed by atoms with Crippen LogP contribution in [-0.2, 0) is 0 Å². The standard InChI is InChI=1S/C15H28/c1-6-7-8-9-10-11-14(2)12-13-15(3,4)5/h14H,6-11H2,1-5H3/t14-/m1/s1. The summed E-state index contributed by atoms with van der Waals surface area (Å²) in [6.45, 7) is 11.0. The van der Waals surface area contributed by atoms with Crippen molar-refractivity contribution < 1.29 is 0 Å². The Hall–Kier alpha value is -0.440. The van der Waals surface area contributed by atoms with Crippen molar-refractivity contribution in [2.24, 2.45) is 11.3 Å². The summed E-state index contributed by atoms with van der Waals surface area (Å²) in [6.07, 6.45) is 8.12. The Morgan fingerprint density at radius 1 is 1.00 bits per heavy atom. The third kappa shape index (κ3) is 11.5. The fraction of sp³-hybridized carbons (Fsp3) is 0.867. The maximum Gasteiger partial charge on any atom is 0.0230 e. The normalized spacial score (nSPS) is 13.1. The van der Waals surface area contributed by atoms with E-state index in [-0.39, 0.29) is 5.41 Å². The summed E-state index contributed by atoms with van der Waals surface area (Å²) < 4.78 is 0. The van der Waals surface area contributed by atoms with Gasteiger partial charge in [-0.05, 0) is 27.2 Å². The number of rotatable bonds is 6. The van der Waals surface area contributed by atoms with Gasteiger partial charge >= 0.3 is 0 Å². The van der Waals surface area contributed by atoms with E-state index in [1.165, 1.54) is 38.5 Å². The predicted molar refractivity (Wildman–Crippen MR) is 69.8 cm³/mol. The summed E-state index contributed by atoms with van der Waals surface area (Å²) in [5.74, 6) is 7.26. The summed E-state index contributed by atoms with van der Waals surface area (Å²) in [5, 5.41) is 0. The van der Waals surface area contributed by atoms with Crippen molar-refractivity contribution in [1.29, 1.82) is 0 Å². The van der Waals surface area contributed by atoms with Crippen molar-refractivity contribution in [3.8, 4) is 11.8 Å². The summed E-state index contributed by atoms with van der Waals surface area (Å²) in [5.41, 5.74) is 0.163. The molecule has 0 spiro atoms. The molecular formula is C15H28. The topological polar surface area (TPSA) is 0 Å². The largest absolute Gasteiger partial charge is 0.0996 e. The highest BCUT2D eigenvalue weighted by Gasteiger charge is 2.04. The molecule has 0 saturated heterocycles. The van der Waals surface area contributed by atoms with Crippen molar-refractivity contribution in [2.75, 3.05) is 0 Å². The van der Waals surface area contributed by atoms with Gasteiger partial charge in [0.1, 0.15) is 0 Å². The van der Waals surface area contributed by atoms with Gasteiger partial charge < -0.3 is 0 Å². The van der Waals surface area contributed by atoms with E-state index >= 15 is 0 Å². The van der Waals surface area contributed by atoms with Crippen LogP contribution in [0.25, 0.3) is 0 Å². The highest BCUT2D eigenvalue weighted by molar-refractivity contribution is 5.09. The fourth-order valence-corrected chi connectivity index (χ4v) is 1.47. The summed E-state index contributed by atoms with van der Waals surface area (Å²) >= 11 is 0. The van der Waals surface area contributed by atoms with Crippen molar-refractivity contribution in [3.05, 3.63) is 0 Å². The van der Waals surface area contributed by atoms with Gasteiger partial charge in [0.15, 0.2) is 0 Å². The monoisotopic (exact) mass is 208 g/mol. The quantitative estimate of drug-likeness (QED) is 0.424. The molecule has 0 aromatic carbocycles. The second kappa shape index (κ2) is 7.80. The van der Waals surface area contributed by atoms with Gasteiger partial charge in [0.25, 0.3) is 0 Å². The third-order valence-electron chi connectivity index (χ3n) is 2.43. The molecule has 0 radical (unpaired) electrons. The van der Waals surface area contributed by atoms with E-state index in [1.54, 1.807) is 0 Å². The first-order valence-electron chi connectivity index (χ1n) is 6.48. The Morgan fingerprint density at radius 3 is 2.13 bits per heavy atom. The van der Waals surface area contributed by atoms with Crippen molar-refractivity contribution >= 4 is 0 Å². The lowest BCUT2D eigenvalue weighted by Crippen LogP contribution is -2.01. The molecule has 0 fully saturated rings. The molecule has 0 amide bonds. The molecule has 0 aliphatic carbocycles. The van der Waals surface area contributed by atoms with Gasteiger partial charge in [-0.25, -0.2) is 0 Å². The molecule has 15 heavy (non-hydrogen) atoms. The number of unbranched alkanes of at least 4 members (excludes halogenated alkanes) is 4.